The number of amides is 1. The molecular weight excluding hydrogens is 288 g/mol. The number of rotatable bonds is 6. The Hall–Kier alpha value is -2.14. The molecule has 5 nitrogen and oxygen atoms in total. The van der Waals surface area contributed by atoms with Crippen molar-refractivity contribution in [3.63, 3.8) is 0 Å². The smallest absolute Gasteiger partial charge is 0.254 e. The van der Waals surface area contributed by atoms with Crippen molar-refractivity contribution in [2.24, 2.45) is 5.92 Å². The molecular formula is C18H24N4O. The van der Waals surface area contributed by atoms with Crippen molar-refractivity contribution in [3.8, 4) is 0 Å². The Morgan fingerprint density at radius 1 is 1.35 bits per heavy atom. The third-order valence-corrected chi connectivity index (χ3v) is 4.32. The van der Waals surface area contributed by atoms with Crippen molar-refractivity contribution in [3.05, 3.63) is 53.9 Å². The minimum Gasteiger partial charge on any atom is -0.352 e. The number of piperidine rings is 1. The van der Waals surface area contributed by atoms with Crippen LogP contribution in [0.25, 0.3) is 0 Å². The van der Waals surface area contributed by atoms with Gasteiger partial charge >= 0.3 is 0 Å². The molecule has 1 atom stereocenters. The van der Waals surface area contributed by atoms with Crippen LogP contribution in [0, 0.1) is 5.92 Å². The van der Waals surface area contributed by atoms with Crippen LogP contribution in [-0.4, -0.2) is 35.3 Å². The molecule has 0 bridgehead atoms. The van der Waals surface area contributed by atoms with Gasteiger partial charge in [0.05, 0.1) is 18.3 Å². The summed E-state index contributed by atoms with van der Waals surface area (Å²) in [4.78, 5) is 12.2. The van der Waals surface area contributed by atoms with Crippen molar-refractivity contribution in [2.45, 2.75) is 25.8 Å². The molecule has 2 heterocycles. The van der Waals surface area contributed by atoms with Crippen LogP contribution in [0.15, 0.2) is 42.7 Å². The minimum absolute atomic E-state index is 0.0342. The Morgan fingerprint density at radius 2 is 2.22 bits per heavy atom. The number of carbonyl (C=O) groups excluding carboxylic acids is 1. The monoisotopic (exact) mass is 312 g/mol. The molecule has 1 amide bonds. The van der Waals surface area contributed by atoms with E-state index in [0.29, 0.717) is 18.0 Å². The topological polar surface area (TPSA) is 59.0 Å². The highest BCUT2D eigenvalue weighted by Gasteiger charge is 2.14. The molecule has 0 radical (unpaired) electrons. The molecule has 1 aliphatic rings. The molecule has 1 saturated heterocycles. The first-order valence-corrected chi connectivity index (χ1v) is 8.36. The first-order valence-electron chi connectivity index (χ1n) is 8.36. The van der Waals surface area contributed by atoms with E-state index in [1.54, 1.807) is 10.9 Å². The average Bonchev–Trinajstić information content (AvgIpc) is 3.05. The second-order valence-corrected chi connectivity index (χ2v) is 6.17. The highest BCUT2D eigenvalue weighted by Crippen LogP contribution is 2.13. The van der Waals surface area contributed by atoms with Crippen LogP contribution in [0.3, 0.4) is 0 Å². The first-order chi connectivity index (χ1) is 11.3. The minimum atomic E-state index is -0.0342. The first kappa shape index (κ1) is 15.7. The highest BCUT2D eigenvalue weighted by atomic mass is 16.1. The van der Waals surface area contributed by atoms with Gasteiger partial charge in [-0.1, -0.05) is 30.3 Å². The van der Waals surface area contributed by atoms with Crippen molar-refractivity contribution in [1.82, 2.24) is 20.4 Å². The van der Waals surface area contributed by atoms with E-state index < -0.39 is 0 Å². The van der Waals surface area contributed by atoms with Crippen molar-refractivity contribution >= 4 is 5.91 Å². The molecule has 2 N–H and O–H groups in total. The van der Waals surface area contributed by atoms with E-state index >= 15 is 0 Å². The summed E-state index contributed by atoms with van der Waals surface area (Å²) in [5.74, 6) is 0.651. The van der Waals surface area contributed by atoms with E-state index in [1.807, 2.05) is 24.4 Å². The number of benzene rings is 1. The summed E-state index contributed by atoms with van der Waals surface area (Å²) in [6.07, 6.45) is 6.99. The van der Waals surface area contributed by atoms with Crippen LogP contribution < -0.4 is 10.6 Å². The summed E-state index contributed by atoms with van der Waals surface area (Å²) in [6.45, 7) is 3.62. The van der Waals surface area contributed by atoms with Gasteiger partial charge in [0.25, 0.3) is 5.91 Å². The van der Waals surface area contributed by atoms with E-state index in [0.717, 1.165) is 26.1 Å². The summed E-state index contributed by atoms with van der Waals surface area (Å²) >= 11 is 0. The van der Waals surface area contributed by atoms with Crippen LogP contribution in [0.5, 0.6) is 0 Å². The van der Waals surface area contributed by atoms with Gasteiger partial charge in [0.2, 0.25) is 0 Å². The fraction of sp³-hybridized carbons (Fsp3) is 0.444. The van der Waals surface area contributed by atoms with Crippen molar-refractivity contribution < 1.29 is 4.79 Å². The standard InChI is InChI=1S/C18H24N4O/c23-18(20-10-8-15-7-4-9-19-11-15)17-12-21-22(14-17)13-16-5-2-1-3-6-16/h1-3,5-6,12,14-15,19H,4,7-11,13H2,(H,20,23). The zero-order valence-corrected chi connectivity index (χ0v) is 13.4. The summed E-state index contributed by atoms with van der Waals surface area (Å²) in [6, 6.07) is 10.1. The zero-order chi connectivity index (χ0) is 15.9. The second kappa shape index (κ2) is 7.92. The van der Waals surface area contributed by atoms with E-state index in [9.17, 15) is 4.79 Å². The maximum Gasteiger partial charge on any atom is 0.254 e. The van der Waals surface area contributed by atoms with Crippen molar-refractivity contribution in [1.29, 1.82) is 0 Å². The SMILES string of the molecule is O=C(NCCC1CCCNC1)c1cnn(Cc2ccccc2)c1. The van der Waals surface area contributed by atoms with Gasteiger partial charge in [-0.15, -0.1) is 0 Å². The lowest BCUT2D eigenvalue weighted by molar-refractivity contribution is 0.0950. The molecule has 1 aromatic heterocycles. The van der Waals surface area contributed by atoms with E-state index in [2.05, 4.69) is 27.9 Å². The Kier molecular flexibility index (Phi) is 5.42. The van der Waals surface area contributed by atoms with Crippen LogP contribution in [-0.2, 0) is 6.54 Å². The molecule has 1 aliphatic heterocycles. The Labute approximate surface area is 137 Å². The number of aromatic nitrogens is 2. The van der Waals surface area contributed by atoms with E-state index in [4.69, 9.17) is 0 Å². The van der Waals surface area contributed by atoms with E-state index in [-0.39, 0.29) is 5.91 Å². The molecule has 3 rings (SSSR count). The van der Waals surface area contributed by atoms with Crippen LogP contribution >= 0.6 is 0 Å². The lowest BCUT2D eigenvalue weighted by Crippen LogP contribution is -2.33. The number of nitrogens with one attached hydrogen (secondary N) is 2. The van der Waals surface area contributed by atoms with Crippen molar-refractivity contribution in [2.75, 3.05) is 19.6 Å². The fourth-order valence-electron chi connectivity index (χ4n) is 3.00. The van der Waals surface area contributed by atoms with Crippen LogP contribution in [0.1, 0.15) is 35.2 Å². The maximum atomic E-state index is 12.2. The Balaban J connectivity index is 1.46. The fourth-order valence-corrected chi connectivity index (χ4v) is 3.00. The van der Waals surface area contributed by atoms with Gasteiger partial charge in [-0.05, 0) is 43.8 Å². The average molecular weight is 312 g/mol. The molecule has 5 heteroatoms. The number of carbonyl (C=O) groups is 1. The van der Waals surface area contributed by atoms with Gasteiger partial charge in [0.1, 0.15) is 0 Å². The number of hydrogen-bond acceptors (Lipinski definition) is 3. The summed E-state index contributed by atoms with van der Waals surface area (Å²) in [5, 5.41) is 10.7. The third-order valence-electron chi connectivity index (χ3n) is 4.32. The molecule has 2 aromatic rings. The molecule has 0 spiro atoms. The van der Waals surface area contributed by atoms with Gasteiger partial charge < -0.3 is 10.6 Å². The summed E-state index contributed by atoms with van der Waals surface area (Å²) in [5.41, 5.74) is 1.80. The summed E-state index contributed by atoms with van der Waals surface area (Å²) in [7, 11) is 0. The quantitative estimate of drug-likeness (QED) is 0.858. The third kappa shape index (κ3) is 4.66. The molecule has 23 heavy (non-hydrogen) atoms. The zero-order valence-electron chi connectivity index (χ0n) is 13.4. The van der Waals surface area contributed by atoms with Gasteiger partial charge in [-0.2, -0.15) is 5.10 Å². The maximum absolute atomic E-state index is 12.2. The number of hydrogen-bond donors (Lipinski definition) is 2. The largest absolute Gasteiger partial charge is 0.352 e. The molecule has 0 saturated carbocycles. The van der Waals surface area contributed by atoms with E-state index in [1.165, 1.54) is 18.4 Å². The molecule has 122 valence electrons. The highest BCUT2D eigenvalue weighted by molar-refractivity contribution is 5.93. The van der Waals surface area contributed by atoms with Gasteiger partial charge in [-0.25, -0.2) is 0 Å². The van der Waals surface area contributed by atoms with Crippen LogP contribution in [0.4, 0.5) is 0 Å². The molecule has 0 aliphatic carbocycles. The van der Waals surface area contributed by atoms with Gasteiger partial charge in [0.15, 0.2) is 0 Å². The predicted molar refractivity (Wildman–Crippen MR) is 90.3 cm³/mol. The van der Waals surface area contributed by atoms with Crippen LogP contribution in [0.2, 0.25) is 0 Å². The molecule has 1 fully saturated rings. The second-order valence-electron chi connectivity index (χ2n) is 6.17. The lowest BCUT2D eigenvalue weighted by Gasteiger charge is -2.22. The normalized spacial score (nSPS) is 17.8. The predicted octanol–water partition coefficient (Wildman–Crippen LogP) is 2.05. The summed E-state index contributed by atoms with van der Waals surface area (Å²) < 4.78 is 1.80. The number of nitrogens with zero attached hydrogens (tertiary/aromatic N) is 2. The molecule has 1 unspecified atom stereocenters. The lowest BCUT2D eigenvalue weighted by atomic mass is 9.96. The Morgan fingerprint density at radius 3 is 3.00 bits per heavy atom. The molecule has 1 aromatic carbocycles. The van der Waals surface area contributed by atoms with Gasteiger partial charge in [-0.3, -0.25) is 9.48 Å². The Bertz CT molecular complexity index is 617. The van der Waals surface area contributed by atoms with Gasteiger partial charge in [0, 0.05) is 12.7 Å².